The number of carboxylic acid groups (broad SMARTS) is 1. The standard InChI is InChI=1S/C25H28ClN5O2/c26-20-4-2-1-3-19(20)24-28-23(29-30-24)18-5-6-21(27-16-18)31-13-11-25(12-14-31)9-7-17(8-10-25)15-22(32)33/h1-6,16-17H,7-15H2,(H,32,33)(H,28,29,30). The van der Waals surface area contributed by atoms with E-state index in [9.17, 15) is 4.79 Å². The number of rotatable bonds is 5. The zero-order chi connectivity index (χ0) is 22.8. The van der Waals surface area contributed by atoms with E-state index in [2.05, 4.69) is 20.1 Å². The first-order chi connectivity index (χ1) is 16.0. The number of aromatic amines is 1. The smallest absolute Gasteiger partial charge is 0.303 e. The molecule has 0 atom stereocenters. The lowest BCUT2D eigenvalue weighted by molar-refractivity contribution is -0.138. The maximum atomic E-state index is 11.0. The van der Waals surface area contributed by atoms with Gasteiger partial charge < -0.3 is 10.0 Å². The highest BCUT2D eigenvalue weighted by Gasteiger charge is 2.38. The monoisotopic (exact) mass is 465 g/mol. The summed E-state index contributed by atoms with van der Waals surface area (Å²) in [5, 5.41) is 17.0. The maximum absolute atomic E-state index is 11.0. The molecular weight excluding hydrogens is 438 g/mol. The second-order valence-corrected chi connectivity index (χ2v) is 9.83. The first-order valence-electron chi connectivity index (χ1n) is 11.6. The number of benzene rings is 1. The van der Waals surface area contributed by atoms with Crippen LogP contribution in [0.15, 0.2) is 42.6 Å². The SMILES string of the molecule is O=C(O)CC1CCC2(CC1)CCN(c1ccc(-c3n[nH]c(-c4ccccc4Cl)n3)cn1)CC2. The minimum atomic E-state index is -0.662. The molecule has 5 rings (SSSR count). The van der Waals surface area contributed by atoms with Gasteiger partial charge in [-0.15, -0.1) is 0 Å². The molecule has 1 spiro atoms. The summed E-state index contributed by atoms with van der Waals surface area (Å²) in [7, 11) is 0. The third-order valence-corrected chi connectivity index (χ3v) is 7.73. The van der Waals surface area contributed by atoms with Crippen LogP contribution in [0.25, 0.3) is 22.8 Å². The van der Waals surface area contributed by atoms with Crippen LogP contribution in [0.2, 0.25) is 5.02 Å². The van der Waals surface area contributed by atoms with E-state index in [0.29, 0.717) is 34.4 Å². The van der Waals surface area contributed by atoms with Gasteiger partial charge in [-0.2, -0.15) is 5.10 Å². The molecule has 1 saturated carbocycles. The molecule has 1 aliphatic carbocycles. The largest absolute Gasteiger partial charge is 0.481 e. The lowest BCUT2D eigenvalue weighted by Gasteiger charge is -2.46. The number of carbonyl (C=O) groups is 1. The molecule has 2 aliphatic rings. The van der Waals surface area contributed by atoms with Crippen molar-refractivity contribution in [2.45, 2.75) is 44.9 Å². The van der Waals surface area contributed by atoms with Crippen molar-refractivity contribution in [1.29, 1.82) is 0 Å². The van der Waals surface area contributed by atoms with Crippen LogP contribution < -0.4 is 4.90 Å². The zero-order valence-corrected chi connectivity index (χ0v) is 19.3. The number of piperidine rings is 1. The van der Waals surface area contributed by atoms with Gasteiger partial charge in [-0.25, -0.2) is 9.97 Å². The van der Waals surface area contributed by atoms with E-state index in [1.165, 1.54) is 0 Å². The van der Waals surface area contributed by atoms with E-state index in [1.807, 2.05) is 42.6 Å². The van der Waals surface area contributed by atoms with Gasteiger partial charge in [0.05, 0.1) is 5.02 Å². The Morgan fingerprint density at radius 1 is 1.12 bits per heavy atom. The normalized spacial score (nSPS) is 18.5. The summed E-state index contributed by atoms with van der Waals surface area (Å²) < 4.78 is 0. The minimum Gasteiger partial charge on any atom is -0.481 e. The zero-order valence-electron chi connectivity index (χ0n) is 18.5. The third-order valence-electron chi connectivity index (χ3n) is 7.40. The van der Waals surface area contributed by atoms with Gasteiger partial charge in [-0.05, 0) is 74.1 Å². The Hall–Kier alpha value is -2.93. The Kier molecular flexibility index (Phi) is 6.06. The van der Waals surface area contributed by atoms with E-state index in [0.717, 1.165) is 68.6 Å². The van der Waals surface area contributed by atoms with Crippen molar-refractivity contribution in [3.05, 3.63) is 47.6 Å². The molecule has 3 aromatic rings. The number of pyridine rings is 1. The van der Waals surface area contributed by atoms with Gasteiger partial charge in [0.1, 0.15) is 5.82 Å². The average molecular weight is 466 g/mol. The molecule has 3 heterocycles. The van der Waals surface area contributed by atoms with Gasteiger partial charge in [-0.3, -0.25) is 9.89 Å². The molecule has 0 amide bonds. The first-order valence-corrected chi connectivity index (χ1v) is 12.0. The number of aliphatic carboxylic acids is 1. The predicted molar refractivity (Wildman–Crippen MR) is 128 cm³/mol. The highest BCUT2D eigenvalue weighted by Crippen LogP contribution is 2.47. The van der Waals surface area contributed by atoms with Gasteiger partial charge >= 0.3 is 5.97 Å². The van der Waals surface area contributed by atoms with Crippen LogP contribution in [0.1, 0.15) is 44.9 Å². The van der Waals surface area contributed by atoms with Crippen LogP contribution in [0.4, 0.5) is 5.82 Å². The summed E-state index contributed by atoms with van der Waals surface area (Å²) in [4.78, 5) is 22.6. The molecular formula is C25H28ClN5O2. The van der Waals surface area contributed by atoms with Crippen LogP contribution in [-0.4, -0.2) is 44.3 Å². The Bertz CT molecular complexity index is 1110. The lowest BCUT2D eigenvalue weighted by Crippen LogP contribution is -2.42. The van der Waals surface area contributed by atoms with Gasteiger partial charge in [0.25, 0.3) is 0 Å². The van der Waals surface area contributed by atoms with E-state index in [4.69, 9.17) is 21.7 Å². The molecule has 7 nitrogen and oxygen atoms in total. The minimum absolute atomic E-state index is 0.323. The number of aromatic nitrogens is 4. The summed E-state index contributed by atoms with van der Waals surface area (Å²) in [6.07, 6.45) is 8.86. The fourth-order valence-corrected chi connectivity index (χ4v) is 5.55. The molecule has 1 aromatic carbocycles. The van der Waals surface area contributed by atoms with Crippen LogP contribution in [0.5, 0.6) is 0 Å². The van der Waals surface area contributed by atoms with Crippen LogP contribution in [-0.2, 0) is 4.79 Å². The maximum Gasteiger partial charge on any atom is 0.303 e. The van der Waals surface area contributed by atoms with Gasteiger partial charge in [-0.1, -0.05) is 23.7 Å². The topological polar surface area (TPSA) is 95.0 Å². The molecule has 8 heteroatoms. The molecule has 0 unspecified atom stereocenters. The summed E-state index contributed by atoms with van der Waals surface area (Å²) in [5.41, 5.74) is 2.07. The second-order valence-electron chi connectivity index (χ2n) is 9.42. The fourth-order valence-electron chi connectivity index (χ4n) is 5.32. The molecule has 33 heavy (non-hydrogen) atoms. The Morgan fingerprint density at radius 2 is 1.88 bits per heavy atom. The average Bonchev–Trinajstić information content (AvgIpc) is 3.32. The molecule has 1 aliphatic heterocycles. The van der Waals surface area contributed by atoms with Crippen molar-refractivity contribution >= 4 is 23.4 Å². The number of nitrogens with zero attached hydrogens (tertiary/aromatic N) is 4. The Balaban J connectivity index is 1.20. The third kappa shape index (κ3) is 4.74. The summed E-state index contributed by atoms with van der Waals surface area (Å²) in [5.74, 6) is 1.91. The molecule has 2 fully saturated rings. The molecule has 0 radical (unpaired) electrons. The first kappa shape index (κ1) is 21.9. The number of hydrogen-bond acceptors (Lipinski definition) is 5. The van der Waals surface area contributed by atoms with Crippen molar-refractivity contribution < 1.29 is 9.90 Å². The van der Waals surface area contributed by atoms with Crippen molar-refractivity contribution in [2.24, 2.45) is 11.3 Å². The van der Waals surface area contributed by atoms with Crippen molar-refractivity contribution in [2.75, 3.05) is 18.0 Å². The van der Waals surface area contributed by atoms with Gasteiger partial charge in [0.15, 0.2) is 11.6 Å². The highest BCUT2D eigenvalue weighted by atomic mass is 35.5. The Labute approximate surface area is 198 Å². The molecule has 172 valence electrons. The van der Waals surface area contributed by atoms with E-state index >= 15 is 0 Å². The van der Waals surface area contributed by atoms with E-state index in [1.54, 1.807) is 0 Å². The number of nitrogens with one attached hydrogen (secondary N) is 1. The number of halogens is 1. The van der Waals surface area contributed by atoms with Gasteiger partial charge in [0, 0.05) is 36.8 Å². The van der Waals surface area contributed by atoms with Crippen LogP contribution >= 0.6 is 11.6 Å². The van der Waals surface area contributed by atoms with E-state index < -0.39 is 5.97 Å². The van der Waals surface area contributed by atoms with Crippen molar-refractivity contribution in [3.8, 4) is 22.8 Å². The molecule has 0 bridgehead atoms. The fraction of sp³-hybridized carbons (Fsp3) is 0.440. The number of carboxylic acids is 1. The van der Waals surface area contributed by atoms with Crippen LogP contribution in [0, 0.1) is 11.3 Å². The summed E-state index contributed by atoms with van der Waals surface area (Å²) >= 11 is 6.27. The molecule has 2 aromatic heterocycles. The number of anilines is 1. The second kappa shape index (κ2) is 9.14. The molecule has 2 N–H and O–H groups in total. The van der Waals surface area contributed by atoms with E-state index in [-0.39, 0.29) is 0 Å². The predicted octanol–water partition coefficient (Wildman–Crippen LogP) is 5.44. The van der Waals surface area contributed by atoms with Gasteiger partial charge in [0.2, 0.25) is 0 Å². The number of H-pyrrole nitrogens is 1. The quantitative estimate of drug-likeness (QED) is 0.521. The Morgan fingerprint density at radius 3 is 2.55 bits per heavy atom. The lowest BCUT2D eigenvalue weighted by atomic mass is 9.65. The van der Waals surface area contributed by atoms with Crippen molar-refractivity contribution in [1.82, 2.24) is 20.2 Å². The summed E-state index contributed by atoms with van der Waals surface area (Å²) in [6.45, 7) is 1.99. The van der Waals surface area contributed by atoms with Crippen molar-refractivity contribution in [3.63, 3.8) is 0 Å². The highest BCUT2D eigenvalue weighted by molar-refractivity contribution is 6.33. The number of hydrogen-bond donors (Lipinski definition) is 2. The van der Waals surface area contributed by atoms with Crippen LogP contribution in [0.3, 0.4) is 0 Å². The molecule has 1 saturated heterocycles. The summed E-state index contributed by atoms with van der Waals surface area (Å²) in [6, 6.07) is 11.6.